The van der Waals surface area contributed by atoms with E-state index in [1.807, 2.05) is 20.8 Å². The van der Waals surface area contributed by atoms with E-state index in [0.29, 0.717) is 15.6 Å². The zero-order valence-electron chi connectivity index (χ0n) is 17.2. The van der Waals surface area contributed by atoms with Crippen LogP contribution in [-0.4, -0.2) is 28.0 Å². The fourth-order valence-electron chi connectivity index (χ4n) is 5.96. The van der Waals surface area contributed by atoms with E-state index in [1.165, 1.54) is 24.3 Å². The summed E-state index contributed by atoms with van der Waals surface area (Å²) in [6, 6.07) is 4.39. The average Bonchev–Trinajstić information content (AvgIpc) is 2.55. The van der Waals surface area contributed by atoms with Gasteiger partial charge in [0.15, 0.2) is 0 Å². The fourth-order valence-corrected chi connectivity index (χ4v) is 6.49. The van der Waals surface area contributed by atoms with E-state index in [-0.39, 0.29) is 17.5 Å². The van der Waals surface area contributed by atoms with Gasteiger partial charge in [0.2, 0.25) is 0 Å². The Labute approximate surface area is 182 Å². The molecular weight excluding hydrogens is 409 g/mol. The molecule has 0 aliphatic heterocycles. The SMILES string of the molecule is CC(C)(C)N(NC(=O)NC12CC3CC(CC(C3)C1)C2)C(=O)c1cc(Cl)cc(Cl)c1. The summed E-state index contributed by atoms with van der Waals surface area (Å²) in [5.74, 6) is 1.85. The molecule has 0 saturated heterocycles. The highest BCUT2D eigenvalue weighted by Gasteiger charge is 2.51. The lowest BCUT2D eigenvalue weighted by molar-refractivity contribution is -0.0158. The lowest BCUT2D eigenvalue weighted by atomic mass is 9.53. The highest BCUT2D eigenvalue weighted by Crippen LogP contribution is 2.55. The van der Waals surface area contributed by atoms with Crippen molar-refractivity contribution in [2.45, 2.75) is 70.4 Å². The van der Waals surface area contributed by atoms with Crippen molar-refractivity contribution in [1.29, 1.82) is 0 Å². The van der Waals surface area contributed by atoms with Gasteiger partial charge in [-0.3, -0.25) is 4.79 Å². The summed E-state index contributed by atoms with van der Waals surface area (Å²) in [7, 11) is 0. The number of halogens is 2. The Morgan fingerprint density at radius 2 is 1.45 bits per heavy atom. The van der Waals surface area contributed by atoms with Crippen molar-refractivity contribution in [3.05, 3.63) is 33.8 Å². The number of hydrogen-bond donors (Lipinski definition) is 2. The molecule has 2 N–H and O–H groups in total. The smallest absolute Gasteiger partial charge is 0.331 e. The molecule has 4 aliphatic rings. The van der Waals surface area contributed by atoms with E-state index in [1.54, 1.807) is 18.2 Å². The third kappa shape index (κ3) is 4.36. The third-order valence-electron chi connectivity index (χ3n) is 6.61. The summed E-state index contributed by atoms with van der Waals surface area (Å²) < 4.78 is 0. The number of hydrazine groups is 1. The van der Waals surface area contributed by atoms with Crippen LogP contribution >= 0.6 is 23.2 Å². The second kappa shape index (κ2) is 7.35. The summed E-state index contributed by atoms with van der Waals surface area (Å²) in [5, 5.41) is 5.39. The number of rotatable bonds is 2. The molecule has 0 atom stereocenters. The van der Waals surface area contributed by atoms with E-state index >= 15 is 0 Å². The van der Waals surface area contributed by atoms with Crippen molar-refractivity contribution in [1.82, 2.24) is 15.8 Å². The molecule has 4 fully saturated rings. The first kappa shape index (κ1) is 20.8. The summed E-state index contributed by atoms with van der Waals surface area (Å²) in [5.41, 5.74) is 2.42. The molecule has 0 aromatic heterocycles. The monoisotopic (exact) mass is 437 g/mol. The maximum Gasteiger partial charge on any atom is 0.334 e. The van der Waals surface area contributed by atoms with Crippen LogP contribution in [0, 0.1) is 17.8 Å². The molecule has 29 heavy (non-hydrogen) atoms. The van der Waals surface area contributed by atoms with Gasteiger partial charge in [0.25, 0.3) is 5.91 Å². The van der Waals surface area contributed by atoms with Crippen molar-refractivity contribution in [3.8, 4) is 0 Å². The van der Waals surface area contributed by atoms with Gasteiger partial charge in [0, 0.05) is 21.1 Å². The molecule has 4 bridgehead atoms. The van der Waals surface area contributed by atoms with Gasteiger partial charge in [-0.25, -0.2) is 15.2 Å². The van der Waals surface area contributed by atoms with E-state index in [2.05, 4.69) is 10.7 Å². The second-order valence-corrected chi connectivity index (χ2v) is 11.1. The highest BCUT2D eigenvalue weighted by molar-refractivity contribution is 6.35. The minimum atomic E-state index is -0.620. The second-order valence-electron chi connectivity index (χ2n) is 10.2. The molecule has 3 amide bonds. The molecule has 0 radical (unpaired) electrons. The molecule has 0 spiro atoms. The van der Waals surface area contributed by atoms with Gasteiger partial charge in [-0.15, -0.1) is 0 Å². The standard InChI is InChI=1S/C22H29Cl2N3O2/c1-21(2,3)27(19(28)16-7-17(23)9-18(24)8-16)26-20(29)25-22-10-13-4-14(11-22)6-15(5-13)12-22/h7-9,13-15H,4-6,10-12H2,1-3H3,(H2,25,26,29). The van der Waals surface area contributed by atoms with Crippen molar-refractivity contribution >= 4 is 35.1 Å². The number of carbonyl (C=O) groups excluding carboxylic acids is 2. The van der Waals surface area contributed by atoms with Gasteiger partial charge in [-0.2, -0.15) is 0 Å². The Balaban J connectivity index is 1.50. The van der Waals surface area contributed by atoms with Crippen LogP contribution in [0.3, 0.4) is 0 Å². The summed E-state index contributed by atoms with van der Waals surface area (Å²) in [6.07, 6.45) is 7.10. The average molecular weight is 438 g/mol. The number of nitrogens with one attached hydrogen (secondary N) is 2. The number of carbonyl (C=O) groups is 2. The summed E-state index contributed by atoms with van der Waals surface area (Å²) in [6.45, 7) is 5.63. The lowest BCUT2D eigenvalue weighted by Gasteiger charge is -2.56. The molecule has 7 heteroatoms. The van der Waals surface area contributed by atoms with Gasteiger partial charge in [-0.1, -0.05) is 23.2 Å². The van der Waals surface area contributed by atoms with E-state index < -0.39 is 5.54 Å². The quantitative estimate of drug-likeness (QED) is 0.606. The molecular formula is C22H29Cl2N3O2. The summed E-state index contributed by atoms with van der Waals surface area (Å²) >= 11 is 12.1. The van der Waals surface area contributed by atoms with Crippen LogP contribution < -0.4 is 10.7 Å². The molecule has 158 valence electrons. The van der Waals surface area contributed by atoms with E-state index in [0.717, 1.165) is 37.0 Å². The Kier molecular flexibility index (Phi) is 5.27. The predicted molar refractivity (Wildman–Crippen MR) is 115 cm³/mol. The fraction of sp³-hybridized carbons (Fsp3) is 0.636. The minimum absolute atomic E-state index is 0.120. The zero-order chi connectivity index (χ0) is 21.0. The van der Waals surface area contributed by atoms with Crippen molar-refractivity contribution in [2.75, 3.05) is 0 Å². The molecule has 5 rings (SSSR count). The Bertz CT molecular complexity index is 778. The maximum atomic E-state index is 13.2. The van der Waals surface area contributed by atoms with Crippen LogP contribution in [0.5, 0.6) is 0 Å². The van der Waals surface area contributed by atoms with Crippen LogP contribution in [0.25, 0.3) is 0 Å². The maximum absolute atomic E-state index is 13.2. The van der Waals surface area contributed by atoms with Gasteiger partial charge in [0.05, 0.1) is 5.54 Å². The minimum Gasteiger partial charge on any atom is -0.331 e. The molecule has 5 nitrogen and oxygen atoms in total. The number of benzene rings is 1. The van der Waals surface area contributed by atoms with E-state index in [9.17, 15) is 9.59 Å². The Morgan fingerprint density at radius 1 is 0.966 bits per heavy atom. The molecule has 4 saturated carbocycles. The topological polar surface area (TPSA) is 61.4 Å². The largest absolute Gasteiger partial charge is 0.334 e. The number of hydrogen-bond acceptors (Lipinski definition) is 2. The van der Waals surface area contributed by atoms with Crippen molar-refractivity contribution in [3.63, 3.8) is 0 Å². The van der Waals surface area contributed by atoms with E-state index in [4.69, 9.17) is 23.2 Å². The first-order chi connectivity index (χ1) is 13.5. The molecule has 1 aromatic carbocycles. The predicted octanol–water partition coefficient (Wildman–Crippen LogP) is 5.42. The first-order valence-corrected chi connectivity index (χ1v) is 11.2. The van der Waals surface area contributed by atoms with Gasteiger partial charge < -0.3 is 5.32 Å². The third-order valence-corrected chi connectivity index (χ3v) is 7.05. The van der Waals surface area contributed by atoms with Crippen molar-refractivity contribution in [2.24, 2.45) is 17.8 Å². The van der Waals surface area contributed by atoms with Crippen LogP contribution in [0.2, 0.25) is 10.0 Å². The Hall–Kier alpha value is -1.46. The van der Waals surface area contributed by atoms with Crippen LogP contribution in [0.15, 0.2) is 18.2 Å². The van der Waals surface area contributed by atoms with Gasteiger partial charge in [0.1, 0.15) is 0 Å². The highest BCUT2D eigenvalue weighted by atomic mass is 35.5. The Morgan fingerprint density at radius 3 is 1.90 bits per heavy atom. The lowest BCUT2D eigenvalue weighted by Crippen LogP contribution is -2.65. The van der Waals surface area contributed by atoms with Crippen LogP contribution in [0.1, 0.15) is 69.7 Å². The summed E-state index contributed by atoms with van der Waals surface area (Å²) in [4.78, 5) is 26.1. The molecule has 0 heterocycles. The molecule has 1 aromatic rings. The normalized spacial score (nSPS) is 30.2. The molecule has 4 aliphatic carbocycles. The number of amides is 3. The van der Waals surface area contributed by atoms with Crippen LogP contribution in [0.4, 0.5) is 4.79 Å². The first-order valence-electron chi connectivity index (χ1n) is 10.4. The number of urea groups is 1. The molecule has 0 unspecified atom stereocenters. The van der Waals surface area contributed by atoms with Crippen LogP contribution in [-0.2, 0) is 0 Å². The zero-order valence-corrected chi connectivity index (χ0v) is 18.7. The van der Waals surface area contributed by atoms with Gasteiger partial charge in [-0.05, 0) is 95.2 Å². The van der Waals surface area contributed by atoms with Gasteiger partial charge >= 0.3 is 6.03 Å². The number of nitrogens with zero attached hydrogens (tertiary/aromatic N) is 1. The van der Waals surface area contributed by atoms with Crippen molar-refractivity contribution < 1.29 is 9.59 Å².